The van der Waals surface area contributed by atoms with Gasteiger partial charge in [-0.1, -0.05) is 31.5 Å². The lowest BCUT2D eigenvalue weighted by molar-refractivity contribution is -0.143. The van der Waals surface area contributed by atoms with Gasteiger partial charge in [-0.15, -0.1) is 0 Å². The normalized spacial score (nSPS) is 14.3. The molecule has 0 spiro atoms. The van der Waals surface area contributed by atoms with E-state index in [0.29, 0.717) is 12.0 Å². The van der Waals surface area contributed by atoms with E-state index in [9.17, 15) is 19.2 Å². The van der Waals surface area contributed by atoms with Gasteiger partial charge in [0.05, 0.1) is 6.54 Å². The maximum atomic E-state index is 12.8. The summed E-state index contributed by atoms with van der Waals surface area (Å²) in [6.07, 6.45) is 1.40. The van der Waals surface area contributed by atoms with Gasteiger partial charge in [0.15, 0.2) is 5.78 Å². The van der Waals surface area contributed by atoms with Gasteiger partial charge in [0.25, 0.3) is 0 Å². The molecule has 7 heteroatoms. The first-order chi connectivity index (χ1) is 13.4. The van der Waals surface area contributed by atoms with Crippen LogP contribution in [-0.2, 0) is 9.59 Å². The Morgan fingerprint density at radius 3 is 2.25 bits per heavy atom. The number of rotatable bonds is 7. The van der Waals surface area contributed by atoms with Gasteiger partial charge in [0, 0.05) is 29.2 Å². The van der Waals surface area contributed by atoms with E-state index in [-0.39, 0.29) is 12.3 Å². The minimum Gasteiger partial charge on any atom is -0.318 e. The number of benzene rings is 1. The molecule has 1 aliphatic heterocycles. The quantitative estimate of drug-likeness (QED) is 0.420. The predicted octanol–water partition coefficient (Wildman–Crippen LogP) is 2.87. The topological polar surface area (TPSA) is 79.7 Å². The third kappa shape index (κ3) is 3.35. The summed E-state index contributed by atoms with van der Waals surface area (Å²) in [7, 11) is 0. The maximum absolute atomic E-state index is 12.8. The number of unbranched alkanes of at least 4 members (excludes halogenated alkanes) is 1. The lowest BCUT2D eigenvalue weighted by Crippen LogP contribution is -2.37. The second kappa shape index (κ2) is 7.80. The highest BCUT2D eigenvalue weighted by molar-refractivity contribution is 6.45. The number of carbonyl (C=O) groups excluding carboxylic acids is 4. The van der Waals surface area contributed by atoms with Crippen LogP contribution in [0.4, 0.5) is 4.79 Å². The fourth-order valence-corrected chi connectivity index (χ4v) is 3.45. The number of Topliss-reactive ketones (excluding diaryl/α,β-unsaturated/α-hetero) is 1. The van der Waals surface area contributed by atoms with E-state index in [1.54, 1.807) is 6.07 Å². The number of para-hydroxylation sites is 1. The second-order valence-corrected chi connectivity index (χ2v) is 6.86. The summed E-state index contributed by atoms with van der Waals surface area (Å²) in [6, 6.07) is 10.6. The first kappa shape index (κ1) is 19.5. The molecular formula is C21H23N3O4. The molecule has 1 aromatic carbocycles. The lowest BCUT2D eigenvalue weighted by Gasteiger charge is -2.14. The fourth-order valence-electron chi connectivity index (χ4n) is 3.45. The first-order valence-corrected chi connectivity index (χ1v) is 9.31. The van der Waals surface area contributed by atoms with Crippen LogP contribution in [0.3, 0.4) is 0 Å². The third-order valence-electron chi connectivity index (χ3n) is 4.92. The number of hydrogen-bond donors (Lipinski definition) is 0. The van der Waals surface area contributed by atoms with Gasteiger partial charge in [-0.25, -0.2) is 9.69 Å². The first-order valence-electron chi connectivity index (χ1n) is 9.31. The summed E-state index contributed by atoms with van der Waals surface area (Å²) < 4.78 is 1.94. The Balaban J connectivity index is 1.83. The van der Waals surface area contributed by atoms with Crippen molar-refractivity contribution in [2.45, 2.75) is 33.6 Å². The summed E-state index contributed by atoms with van der Waals surface area (Å²) in [5.74, 6) is -2.17. The average Bonchev–Trinajstić information content (AvgIpc) is 3.09. The van der Waals surface area contributed by atoms with Crippen LogP contribution in [0.25, 0.3) is 5.69 Å². The van der Waals surface area contributed by atoms with E-state index < -0.39 is 24.4 Å². The van der Waals surface area contributed by atoms with Crippen LogP contribution >= 0.6 is 0 Å². The molecule has 0 N–H and O–H groups in total. The summed E-state index contributed by atoms with van der Waals surface area (Å²) in [5, 5.41) is 0. The zero-order valence-electron chi connectivity index (χ0n) is 16.3. The Morgan fingerprint density at radius 1 is 0.964 bits per heavy atom. The molecule has 7 nitrogen and oxygen atoms in total. The molecule has 0 unspecified atom stereocenters. The predicted molar refractivity (Wildman–Crippen MR) is 103 cm³/mol. The Labute approximate surface area is 163 Å². The highest BCUT2D eigenvalue weighted by Gasteiger charge is 2.44. The smallest absolute Gasteiger partial charge is 0.318 e. The molecule has 3 rings (SSSR count). The van der Waals surface area contributed by atoms with Crippen LogP contribution in [0.5, 0.6) is 0 Å². The van der Waals surface area contributed by atoms with E-state index >= 15 is 0 Å². The van der Waals surface area contributed by atoms with Crippen molar-refractivity contribution in [3.8, 4) is 5.69 Å². The number of urea groups is 1. The molecule has 146 valence electrons. The van der Waals surface area contributed by atoms with Crippen molar-refractivity contribution in [3.63, 3.8) is 0 Å². The number of hydrogen-bond acceptors (Lipinski definition) is 4. The van der Waals surface area contributed by atoms with E-state index in [4.69, 9.17) is 0 Å². The van der Waals surface area contributed by atoms with Gasteiger partial charge in [0.1, 0.15) is 0 Å². The lowest BCUT2D eigenvalue weighted by atomic mass is 10.1. The van der Waals surface area contributed by atoms with Crippen molar-refractivity contribution in [1.82, 2.24) is 14.4 Å². The molecule has 0 radical (unpaired) electrons. The zero-order valence-corrected chi connectivity index (χ0v) is 16.3. The van der Waals surface area contributed by atoms with Crippen LogP contribution in [0.15, 0.2) is 36.4 Å². The SMILES string of the molecule is CCCCN1C(=O)C(=O)N(CC(=O)c2cc(C)n(-c3ccccc3)c2C)C1=O. The zero-order chi connectivity index (χ0) is 20.4. The van der Waals surface area contributed by atoms with Crippen molar-refractivity contribution in [2.24, 2.45) is 0 Å². The third-order valence-corrected chi connectivity index (χ3v) is 4.92. The Bertz CT molecular complexity index is 946. The number of carbonyl (C=O) groups is 4. The van der Waals surface area contributed by atoms with Gasteiger partial charge in [-0.05, 0) is 38.5 Å². The van der Waals surface area contributed by atoms with Crippen molar-refractivity contribution < 1.29 is 19.2 Å². The molecule has 0 aliphatic carbocycles. The van der Waals surface area contributed by atoms with E-state index in [1.165, 1.54) is 0 Å². The van der Waals surface area contributed by atoms with Gasteiger partial charge in [-0.3, -0.25) is 19.3 Å². The van der Waals surface area contributed by atoms with Crippen molar-refractivity contribution in [1.29, 1.82) is 0 Å². The molecule has 4 amide bonds. The number of imide groups is 2. The van der Waals surface area contributed by atoms with Gasteiger partial charge in [-0.2, -0.15) is 0 Å². The van der Waals surface area contributed by atoms with E-state index in [1.807, 2.05) is 55.7 Å². The van der Waals surface area contributed by atoms with Crippen molar-refractivity contribution in [2.75, 3.05) is 13.1 Å². The molecule has 0 atom stereocenters. The van der Waals surface area contributed by atoms with Crippen molar-refractivity contribution >= 4 is 23.6 Å². The van der Waals surface area contributed by atoms with Gasteiger partial charge >= 0.3 is 17.8 Å². The van der Waals surface area contributed by atoms with Gasteiger partial charge < -0.3 is 4.57 Å². The molecule has 2 heterocycles. The molecule has 2 aromatic rings. The molecule has 1 saturated heterocycles. The molecule has 0 bridgehead atoms. The summed E-state index contributed by atoms with van der Waals surface area (Å²) in [5.41, 5.74) is 2.95. The average molecular weight is 381 g/mol. The second-order valence-electron chi connectivity index (χ2n) is 6.86. The number of aromatic nitrogens is 1. The number of nitrogens with zero attached hydrogens (tertiary/aromatic N) is 3. The van der Waals surface area contributed by atoms with Crippen LogP contribution in [0.2, 0.25) is 0 Å². The van der Waals surface area contributed by atoms with Crippen LogP contribution in [-0.4, -0.2) is 51.1 Å². The number of aryl methyl sites for hydroxylation is 1. The molecule has 1 aromatic heterocycles. The Hall–Kier alpha value is -3.22. The van der Waals surface area contributed by atoms with E-state index in [0.717, 1.165) is 33.3 Å². The Morgan fingerprint density at radius 2 is 1.61 bits per heavy atom. The van der Waals surface area contributed by atoms with Crippen molar-refractivity contribution in [3.05, 3.63) is 53.3 Å². The largest absolute Gasteiger partial charge is 0.334 e. The number of amides is 4. The Kier molecular flexibility index (Phi) is 5.44. The molecule has 0 saturated carbocycles. The monoisotopic (exact) mass is 381 g/mol. The van der Waals surface area contributed by atoms with Crippen LogP contribution < -0.4 is 0 Å². The minimum absolute atomic E-state index is 0.188. The molecule has 1 aliphatic rings. The maximum Gasteiger partial charge on any atom is 0.334 e. The summed E-state index contributed by atoms with van der Waals surface area (Å²) in [6.45, 7) is 5.38. The fraction of sp³-hybridized carbons (Fsp3) is 0.333. The van der Waals surface area contributed by atoms with Crippen LogP contribution in [0.1, 0.15) is 41.5 Å². The van der Waals surface area contributed by atoms with E-state index in [2.05, 4.69) is 0 Å². The molecular weight excluding hydrogens is 358 g/mol. The highest BCUT2D eigenvalue weighted by atomic mass is 16.2. The molecule has 1 fully saturated rings. The number of ketones is 1. The standard InChI is InChI=1S/C21H23N3O4/c1-4-5-11-22-19(26)20(27)23(21(22)28)13-18(25)17-12-14(2)24(15(17)3)16-9-7-6-8-10-16/h6-10,12H,4-5,11,13H2,1-3H3. The van der Waals surface area contributed by atoms with Crippen LogP contribution in [0, 0.1) is 13.8 Å². The van der Waals surface area contributed by atoms with Gasteiger partial charge in [0.2, 0.25) is 0 Å². The highest BCUT2D eigenvalue weighted by Crippen LogP contribution is 2.22. The summed E-state index contributed by atoms with van der Waals surface area (Å²) >= 11 is 0. The molecule has 28 heavy (non-hydrogen) atoms. The minimum atomic E-state index is -0.939. The summed E-state index contributed by atoms with van der Waals surface area (Å²) in [4.78, 5) is 51.2.